The zero-order valence-corrected chi connectivity index (χ0v) is 15.6. The molecule has 3 heteroatoms. The van der Waals surface area contributed by atoms with Gasteiger partial charge in [-0.2, -0.15) is 0 Å². The molecule has 0 aliphatic heterocycles. The van der Waals surface area contributed by atoms with Crippen molar-refractivity contribution in [1.29, 1.82) is 0 Å². The number of benzene rings is 2. The van der Waals surface area contributed by atoms with E-state index in [1.165, 1.54) is 22.3 Å². The minimum absolute atomic E-state index is 0.944. The first-order valence-corrected chi connectivity index (χ1v) is 8.36. The van der Waals surface area contributed by atoms with Crippen molar-refractivity contribution in [2.75, 3.05) is 20.6 Å². The van der Waals surface area contributed by atoms with Crippen molar-refractivity contribution in [3.8, 4) is 0 Å². The van der Waals surface area contributed by atoms with Gasteiger partial charge in [0.05, 0.1) is 17.7 Å². The van der Waals surface area contributed by atoms with Gasteiger partial charge in [0.2, 0.25) is 0 Å². The summed E-state index contributed by atoms with van der Waals surface area (Å²) in [4.78, 5) is 11.3. The van der Waals surface area contributed by atoms with Crippen LogP contribution < -0.4 is 0 Å². The zero-order chi connectivity index (χ0) is 17.7. The molecular weight excluding hydrogens is 294 g/mol. The van der Waals surface area contributed by atoms with Crippen molar-refractivity contribution in [2.45, 2.75) is 27.7 Å². The summed E-state index contributed by atoms with van der Waals surface area (Å²) in [5, 5.41) is 0. The molecule has 0 aliphatic carbocycles. The Balaban J connectivity index is 2.47. The highest BCUT2D eigenvalue weighted by Gasteiger charge is 2.13. The maximum atomic E-state index is 4.61. The normalized spacial score (nSPS) is 12.0. The third-order valence-electron chi connectivity index (χ3n) is 4.31. The molecule has 3 nitrogen and oxygen atoms in total. The molecule has 0 unspecified atom stereocenters. The Hall–Kier alpha value is -2.42. The van der Waals surface area contributed by atoms with Crippen LogP contribution in [0, 0.1) is 20.8 Å². The molecule has 0 fully saturated rings. The average Bonchev–Trinajstić information content (AvgIpc) is 2.58. The zero-order valence-electron chi connectivity index (χ0n) is 15.6. The highest BCUT2D eigenvalue weighted by molar-refractivity contribution is 6.14. The van der Waals surface area contributed by atoms with Gasteiger partial charge < -0.3 is 4.90 Å². The number of hydrogen-bond donors (Lipinski definition) is 0. The first kappa shape index (κ1) is 17.9. The lowest BCUT2D eigenvalue weighted by Crippen LogP contribution is -2.14. The van der Waals surface area contributed by atoms with Gasteiger partial charge in [0.15, 0.2) is 0 Å². The van der Waals surface area contributed by atoms with Gasteiger partial charge in [0.25, 0.3) is 0 Å². The van der Waals surface area contributed by atoms with Crippen LogP contribution in [-0.4, -0.2) is 37.6 Å². The minimum Gasteiger partial charge on any atom is -0.366 e. The molecule has 0 saturated carbocycles. The number of hydrogen-bond acceptors (Lipinski definition) is 2. The predicted octanol–water partition coefficient (Wildman–Crippen LogP) is 4.69. The second-order valence-corrected chi connectivity index (χ2v) is 6.16. The molecule has 2 aromatic carbocycles. The van der Waals surface area contributed by atoms with Crippen molar-refractivity contribution in [2.24, 2.45) is 9.98 Å². The lowest BCUT2D eigenvalue weighted by atomic mass is 9.93. The molecule has 0 N–H and O–H groups in total. The van der Waals surface area contributed by atoms with Gasteiger partial charge in [-0.3, -0.25) is 4.99 Å². The van der Waals surface area contributed by atoms with E-state index >= 15 is 0 Å². The molecule has 0 saturated heterocycles. The first-order valence-electron chi connectivity index (χ1n) is 8.36. The summed E-state index contributed by atoms with van der Waals surface area (Å²) in [6.45, 7) is 9.41. The van der Waals surface area contributed by atoms with Gasteiger partial charge in [-0.25, -0.2) is 4.99 Å². The van der Waals surface area contributed by atoms with Crippen LogP contribution in [0.2, 0.25) is 0 Å². The summed E-state index contributed by atoms with van der Waals surface area (Å²) in [7, 11) is 3.89. The van der Waals surface area contributed by atoms with E-state index in [2.05, 4.69) is 79.0 Å². The average molecular weight is 321 g/mol. The Morgan fingerprint density at radius 2 is 1.71 bits per heavy atom. The second kappa shape index (κ2) is 7.91. The van der Waals surface area contributed by atoms with E-state index in [0.29, 0.717) is 0 Å². The molecular formula is C21H27N3. The first-order chi connectivity index (χ1) is 11.5. The molecule has 126 valence electrons. The van der Waals surface area contributed by atoms with E-state index in [9.17, 15) is 0 Å². The third kappa shape index (κ3) is 3.91. The van der Waals surface area contributed by atoms with E-state index in [1.54, 1.807) is 0 Å². The summed E-state index contributed by atoms with van der Waals surface area (Å²) in [6, 6.07) is 12.7. The fourth-order valence-electron chi connectivity index (χ4n) is 2.66. The van der Waals surface area contributed by atoms with Crippen LogP contribution in [0.5, 0.6) is 0 Å². The monoisotopic (exact) mass is 321 g/mol. The molecule has 0 spiro atoms. The molecule has 0 heterocycles. The van der Waals surface area contributed by atoms with Crippen LogP contribution in [0.15, 0.2) is 46.4 Å². The lowest BCUT2D eigenvalue weighted by Gasteiger charge is -2.15. The van der Waals surface area contributed by atoms with Gasteiger partial charge in [-0.15, -0.1) is 0 Å². The van der Waals surface area contributed by atoms with Gasteiger partial charge in [-0.05, 0) is 56.5 Å². The summed E-state index contributed by atoms with van der Waals surface area (Å²) in [5.41, 5.74) is 7.99. The van der Waals surface area contributed by atoms with Gasteiger partial charge in [0, 0.05) is 31.8 Å². The molecule has 0 aromatic heterocycles. The molecule has 0 radical (unpaired) electrons. The Morgan fingerprint density at radius 1 is 1.00 bits per heavy atom. The molecule has 0 amide bonds. The second-order valence-electron chi connectivity index (χ2n) is 6.16. The Morgan fingerprint density at radius 3 is 2.33 bits per heavy atom. The van der Waals surface area contributed by atoms with Crippen molar-refractivity contribution in [3.05, 3.63) is 64.2 Å². The highest BCUT2D eigenvalue weighted by Crippen LogP contribution is 2.26. The van der Waals surface area contributed by atoms with E-state index in [-0.39, 0.29) is 0 Å². The Labute approximate surface area is 145 Å². The fourth-order valence-corrected chi connectivity index (χ4v) is 2.66. The maximum absolute atomic E-state index is 4.61. The van der Waals surface area contributed by atoms with E-state index in [4.69, 9.17) is 0 Å². The summed E-state index contributed by atoms with van der Waals surface area (Å²) in [6.07, 6.45) is 1.89. The molecule has 0 bridgehead atoms. The number of rotatable bonds is 5. The maximum Gasteiger partial charge on any atom is 0.0909 e. The van der Waals surface area contributed by atoms with Crippen molar-refractivity contribution >= 4 is 17.7 Å². The van der Waals surface area contributed by atoms with E-state index in [1.807, 2.05) is 20.4 Å². The predicted molar refractivity (Wildman–Crippen MR) is 105 cm³/mol. The van der Waals surface area contributed by atoms with Crippen molar-refractivity contribution in [3.63, 3.8) is 0 Å². The van der Waals surface area contributed by atoms with E-state index in [0.717, 1.165) is 23.5 Å². The molecule has 24 heavy (non-hydrogen) atoms. The van der Waals surface area contributed by atoms with Crippen LogP contribution in [0.25, 0.3) is 0 Å². The number of nitrogens with zero attached hydrogens (tertiary/aromatic N) is 3. The van der Waals surface area contributed by atoms with Crippen LogP contribution >= 0.6 is 0 Å². The van der Waals surface area contributed by atoms with Crippen LogP contribution in [0.3, 0.4) is 0 Å². The number of aliphatic imine (C=N–C) groups is 2. The third-order valence-corrected chi connectivity index (χ3v) is 4.31. The molecule has 2 rings (SSSR count). The lowest BCUT2D eigenvalue weighted by molar-refractivity contribution is 0.552. The fraction of sp³-hybridized carbons (Fsp3) is 0.333. The largest absolute Gasteiger partial charge is 0.366 e. The Kier molecular flexibility index (Phi) is 5.91. The smallest absolute Gasteiger partial charge is 0.0909 e. The van der Waals surface area contributed by atoms with Gasteiger partial charge >= 0.3 is 0 Å². The van der Waals surface area contributed by atoms with E-state index < -0.39 is 0 Å². The quantitative estimate of drug-likeness (QED) is 0.580. The Bertz CT molecular complexity index is 773. The summed E-state index contributed by atoms with van der Waals surface area (Å²) >= 11 is 0. The highest BCUT2D eigenvalue weighted by atomic mass is 15.1. The van der Waals surface area contributed by atoms with Crippen LogP contribution in [0.1, 0.15) is 34.7 Å². The topological polar surface area (TPSA) is 28.0 Å². The standard InChI is InChI=1S/C21H27N3/c1-7-24(6)14-23-20-13-16(3)19(12-17(20)4)21(22-5)18-11-9-8-10-15(18)2/h8-14H,7H2,1-6H3/b22-21+,23-14-. The van der Waals surface area contributed by atoms with Crippen LogP contribution in [-0.2, 0) is 0 Å². The van der Waals surface area contributed by atoms with Crippen molar-refractivity contribution < 1.29 is 0 Å². The molecule has 0 atom stereocenters. The molecule has 0 aliphatic rings. The SMILES string of the molecule is CCN(C)/C=N\c1cc(C)c(/C(=N/C)c2ccccc2C)cc1C. The van der Waals surface area contributed by atoms with Crippen LogP contribution in [0.4, 0.5) is 5.69 Å². The van der Waals surface area contributed by atoms with Gasteiger partial charge in [-0.1, -0.05) is 24.3 Å². The summed E-state index contributed by atoms with van der Waals surface area (Å²) < 4.78 is 0. The van der Waals surface area contributed by atoms with Gasteiger partial charge in [0.1, 0.15) is 0 Å². The summed E-state index contributed by atoms with van der Waals surface area (Å²) in [5.74, 6) is 0. The van der Waals surface area contributed by atoms with Crippen molar-refractivity contribution in [1.82, 2.24) is 4.90 Å². The molecule has 2 aromatic rings. The minimum atomic E-state index is 0.944. The number of aryl methyl sites for hydroxylation is 3.